The van der Waals surface area contributed by atoms with Crippen molar-refractivity contribution in [1.82, 2.24) is 25.1 Å². The molecular formula is C34H28F9N7O4. The third-order valence-electron chi connectivity index (χ3n) is 9.21. The number of alkyl halides is 9. The van der Waals surface area contributed by atoms with Crippen LogP contribution in [-0.2, 0) is 31.6 Å². The van der Waals surface area contributed by atoms with Crippen molar-refractivity contribution in [3.63, 3.8) is 0 Å². The molecule has 54 heavy (non-hydrogen) atoms. The van der Waals surface area contributed by atoms with Crippen LogP contribution in [-0.4, -0.2) is 60.7 Å². The minimum Gasteiger partial charge on any atom is -0.465 e. The maximum atomic E-state index is 14.0. The van der Waals surface area contributed by atoms with Gasteiger partial charge in [0.15, 0.2) is 0 Å². The Kier molecular flexibility index (Phi) is 9.82. The molecule has 3 amide bonds. The van der Waals surface area contributed by atoms with Crippen molar-refractivity contribution < 1.29 is 59.0 Å². The van der Waals surface area contributed by atoms with Crippen molar-refractivity contribution in [1.29, 1.82) is 0 Å². The topological polar surface area (TPSA) is 125 Å². The Morgan fingerprint density at radius 1 is 0.833 bits per heavy atom. The van der Waals surface area contributed by atoms with Gasteiger partial charge in [-0.1, -0.05) is 24.2 Å². The summed E-state index contributed by atoms with van der Waals surface area (Å²) in [6.45, 7) is 0.608. The van der Waals surface area contributed by atoms with Gasteiger partial charge in [0.1, 0.15) is 0 Å². The molecule has 0 unspecified atom stereocenters. The van der Waals surface area contributed by atoms with Crippen molar-refractivity contribution in [3.05, 3.63) is 99.6 Å². The number of amides is 3. The fourth-order valence-corrected chi connectivity index (χ4v) is 6.69. The molecular weight excluding hydrogens is 741 g/mol. The molecule has 2 aliphatic heterocycles. The second-order valence-corrected chi connectivity index (χ2v) is 12.6. The molecule has 286 valence electrons. The highest BCUT2D eigenvalue weighted by Gasteiger charge is 2.43. The van der Waals surface area contributed by atoms with E-state index in [1.807, 2.05) is 0 Å². The van der Waals surface area contributed by atoms with E-state index < -0.39 is 83.3 Å². The molecule has 0 bridgehead atoms. The summed E-state index contributed by atoms with van der Waals surface area (Å²) < 4.78 is 125. The van der Waals surface area contributed by atoms with Crippen molar-refractivity contribution >= 4 is 29.5 Å². The summed E-state index contributed by atoms with van der Waals surface area (Å²) in [4.78, 5) is 41.8. The van der Waals surface area contributed by atoms with E-state index >= 15 is 0 Å². The Morgan fingerprint density at radius 2 is 1.43 bits per heavy atom. The Morgan fingerprint density at radius 3 is 1.96 bits per heavy atom. The van der Waals surface area contributed by atoms with E-state index in [0.29, 0.717) is 24.3 Å². The number of hydrogen-bond donors (Lipinski definition) is 1. The smallest absolute Gasteiger partial charge is 0.416 e. The van der Waals surface area contributed by atoms with Crippen LogP contribution in [0.1, 0.15) is 80.8 Å². The first-order chi connectivity index (χ1) is 25.3. The van der Waals surface area contributed by atoms with E-state index in [-0.39, 0.29) is 60.8 Å². The van der Waals surface area contributed by atoms with Gasteiger partial charge in [0.25, 0.3) is 17.8 Å². The number of imide groups is 1. The molecule has 1 N–H and O–H groups in total. The lowest BCUT2D eigenvalue weighted by Gasteiger charge is -2.43. The molecule has 0 spiro atoms. The highest BCUT2D eigenvalue weighted by atomic mass is 19.4. The summed E-state index contributed by atoms with van der Waals surface area (Å²) >= 11 is 0. The third-order valence-corrected chi connectivity index (χ3v) is 9.21. The molecule has 1 aromatic heterocycles. The number of anilines is 2. The summed E-state index contributed by atoms with van der Waals surface area (Å²) in [6, 6.07) is 7.11. The summed E-state index contributed by atoms with van der Waals surface area (Å²) in [6.07, 6.45) is -16.9. The van der Waals surface area contributed by atoms with Crippen molar-refractivity contribution in [2.75, 3.05) is 16.3 Å². The second-order valence-electron chi connectivity index (χ2n) is 12.6. The molecule has 0 saturated heterocycles. The van der Waals surface area contributed by atoms with Crippen LogP contribution in [0.2, 0.25) is 0 Å². The van der Waals surface area contributed by atoms with Gasteiger partial charge in [-0.15, -0.1) is 5.10 Å². The number of aryl methyl sites for hydroxylation is 1. The number of carboxylic acid groups (broad SMARTS) is 1. The Hall–Kier alpha value is -5.69. The zero-order valence-corrected chi connectivity index (χ0v) is 27.9. The van der Waals surface area contributed by atoms with Gasteiger partial charge in [0, 0.05) is 19.1 Å². The maximum absolute atomic E-state index is 14.0. The standard InChI is InChI=1S/C34H28F9N7O4/c1-2-22-16-27(25-15-19(32(35,36)37)8-9-26(25)50(22)31(53)54)48(17-18-12-20(33(38,39)40)14-21(13-18)34(41,42)43)30-44-46-49(45-30)11-5-10-47-28(51)23-6-3-4-7-24(23)29(47)52/h3-4,6-9,12-15,22,27H,2,5,10-11,16-17H2,1H3,(H,53,54)/t22-,27+/m1/s1. The number of benzene rings is 3. The maximum Gasteiger partial charge on any atom is 0.416 e. The zero-order valence-electron chi connectivity index (χ0n) is 27.9. The number of fused-ring (bicyclic) bond motifs is 2. The number of halogens is 9. The first-order valence-corrected chi connectivity index (χ1v) is 16.3. The van der Waals surface area contributed by atoms with Crippen LogP contribution in [0.3, 0.4) is 0 Å². The highest BCUT2D eigenvalue weighted by molar-refractivity contribution is 6.21. The summed E-state index contributed by atoms with van der Waals surface area (Å²) in [5.74, 6) is -1.46. The molecule has 11 nitrogen and oxygen atoms in total. The zero-order chi connectivity index (χ0) is 39.3. The highest BCUT2D eigenvalue weighted by Crippen LogP contribution is 2.46. The molecule has 4 aromatic rings. The van der Waals surface area contributed by atoms with Gasteiger partial charge in [0.05, 0.1) is 46.1 Å². The summed E-state index contributed by atoms with van der Waals surface area (Å²) in [5.41, 5.74) is -5.01. The lowest BCUT2D eigenvalue weighted by atomic mass is 9.87. The summed E-state index contributed by atoms with van der Waals surface area (Å²) in [5, 5.41) is 22.2. The largest absolute Gasteiger partial charge is 0.465 e. The molecule has 0 radical (unpaired) electrons. The monoisotopic (exact) mass is 769 g/mol. The first kappa shape index (κ1) is 38.0. The Bertz CT molecular complexity index is 2030. The molecule has 2 aliphatic rings. The Balaban J connectivity index is 1.40. The van der Waals surface area contributed by atoms with E-state index in [1.54, 1.807) is 19.1 Å². The van der Waals surface area contributed by atoms with Gasteiger partial charge in [-0.05, 0) is 84.1 Å². The van der Waals surface area contributed by atoms with E-state index in [0.717, 1.165) is 25.6 Å². The molecule has 2 atom stereocenters. The van der Waals surface area contributed by atoms with Gasteiger partial charge < -0.3 is 10.0 Å². The number of carbonyl (C=O) groups is 3. The van der Waals surface area contributed by atoms with E-state index in [1.165, 1.54) is 12.1 Å². The minimum atomic E-state index is -5.21. The molecule has 3 heterocycles. The lowest BCUT2D eigenvalue weighted by Crippen LogP contribution is -2.47. The molecule has 3 aromatic carbocycles. The van der Waals surface area contributed by atoms with Gasteiger partial charge in [0.2, 0.25) is 0 Å². The molecule has 0 saturated carbocycles. The van der Waals surface area contributed by atoms with Gasteiger partial charge in [-0.2, -0.15) is 44.3 Å². The van der Waals surface area contributed by atoms with Crippen LogP contribution < -0.4 is 9.80 Å². The van der Waals surface area contributed by atoms with Crippen molar-refractivity contribution in [2.45, 2.75) is 69.9 Å². The van der Waals surface area contributed by atoms with E-state index in [2.05, 4.69) is 15.4 Å². The summed E-state index contributed by atoms with van der Waals surface area (Å²) in [7, 11) is 0. The number of aromatic nitrogens is 4. The van der Waals surface area contributed by atoms with Crippen LogP contribution >= 0.6 is 0 Å². The van der Waals surface area contributed by atoms with Crippen LogP contribution in [0.15, 0.2) is 60.7 Å². The van der Waals surface area contributed by atoms with E-state index in [4.69, 9.17) is 0 Å². The van der Waals surface area contributed by atoms with Gasteiger partial charge >= 0.3 is 24.6 Å². The minimum absolute atomic E-state index is 0.0693. The second kappa shape index (κ2) is 13.9. The fourth-order valence-electron chi connectivity index (χ4n) is 6.69. The number of nitrogens with zero attached hydrogens (tertiary/aromatic N) is 7. The van der Waals surface area contributed by atoms with Gasteiger partial charge in [-0.25, -0.2) is 4.79 Å². The first-order valence-electron chi connectivity index (χ1n) is 16.3. The predicted molar refractivity (Wildman–Crippen MR) is 170 cm³/mol. The van der Waals surface area contributed by atoms with Crippen molar-refractivity contribution in [2.24, 2.45) is 0 Å². The third kappa shape index (κ3) is 7.41. The average Bonchev–Trinajstić information content (AvgIpc) is 3.67. The van der Waals surface area contributed by atoms with Crippen LogP contribution in [0.25, 0.3) is 0 Å². The number of carbonyl (C=O) groups excluding carboxylic acids is 2. The lowest BCUT2D eigenvalue weighted by molar-refractivity contribution is -0.143. The molecule has 6 rings (SSSR count). The van der Waals surface area contributed by atoms with Crippen LogP contribution in [0.4, 0.5) is 55.9 Å². The van der Waals surface area contributed by atoms with Crippen LogP contribution in [0.5, 0.6) is 0 Å². The fraction of sp³-hybridized carbons (Fsp3) is 0.353. The normalized spacial score (nSPS) is 17.5. The Labute approximate surface area is 299 Å². The average molecular weight is 770 g/mol. The number of rotatable bonds is 9. The van der Waals surface area contributed by atoms with Gasteiger partial charge in [-0.3, -0.25) is 19.4 Å². The predicted octanol–water partition coefficient (Wildman–Crippen LogP) is 7.83. The van der Waals surface area contributed by atoms with E-state index in [9.17, 15) is 59.0 Å². The quantitative estimate of drug-likeness (QED) is 0.135. The van der Waals surface area contributed by atoms with Crippen LogP contribution in [0, 0.1) is 0 Å². The molecule has 20 heteroatoms. The number of tetrazole rings is 1. The molecule has 0 aliphatic carbocycles. The number of hydrogen-bond acceptors (Lipinski definition) is 7. The van der Waals surface area contributed by atoms with Crippen molar-refractivity contribution in [3.8, 4) is 0 Å². The molecule has 0 fully saturated rings. The SMILES string of the molecule is CC[C@@H]1C[C@H](N(Cc2cc(C(F)(F)F)cc(C(F)(F)F)c2)c2nnn(CCCN3C(=O)c4ccccc4C3=O)n2)c2cc(C(F)(F)F)ccc2N1C(=O)O.